The minimum absolute atomic E-state index is 0.343. The third-order valence-electron chi connectivity index (χ3n) is 8.51. The SMILES string of the molecule is CCC.CCC.CCC.CCC.II.c1ccc(-c2ccccc2)cc1.c1ccc(-c2ccccc2)cc1.c1ccc(OCC2CO2)cc1.c1ccc(OCC2CO2)cc1.c1ccc(OCC2CO2)cc1. The van der Waals surface area contributed by atoms with Gasteiger partial charge in [-0.05, 0) is 58.7 Å². The maximum atomic E-state index is 5.40. The molecule has 0 amide bonds. The monoisotopic (exact) mass is 1190 g/mol. The molecular formula is C63H82I2O6. The summed E-state index contributed by atoms with van der Waals surface area (Å²) in [6.45, 7) is 21.6. The quantitative estimate of drug-likeness (QED) is 0.0950. The lowest BCUT2D eigenvalue weighted by molar-refractivity contribution is 0.263. The van der Waals surface area contributed by atoms with Gasteiger partial charge in [-0.3, -0.25) is 0 Å². The molecule has 3 atom stereocenters. The lowest BCUT2D eigenvalue weighted by atomic mass is 10.1. The molecule has 3 heterocycles. The van der Waals surface area contributed by atoms with Crippen molar-refractivity contribution in [2.75, 3.05) is 39.6 Å². The smallest absolute Gasteiger partial charge is 0.119 e. The normalized spacial score (nSPS) is 14.3. The fraction of sp³-hybridized carbons (Fsp3) is 0.333. The van der Waals surface area contributed by atoms with Gasteiger partial charge in [-0.1, -0.05) is 257 Å². The van der Waals surface area contributed by atoms with E-state index in [4.69, 9.17) is 28.4 Å². The number of halogens is 2. The Labute approximate surface area is 453 Å². The average Bonchev–Trinajstić information content (AvgIpc) is 4.28. The molecule has 0 spiro atoms. The van der Waals surface area contributed by atoms with Crippen LogP contribution in [0, 0.1) is 0 Å². The number of hydrogen-bond donors (Lipinski definition) is 0. The molecular weight excluding hydrogens is 1110 g/mol. The molecule has 7 aromatic carbocycles. The van der Waals surface area contributed by atoms with Gasteiger partial charge in [0, 0.05) is 37.2 Å². The van der Waals surface area contributed by atoms with Crippen LogP contribution in [-0.2, 0) is 14.2 Å². The highest BCUT2D eigenvalue weighted by Crippen LogP contribution is 2.19. The number of epoxide rings is 3. The molecule has 6 nitrogen and oxygen atoms in total. The Bertz CT molecular complexity index is 1830. The second kappa shape index (κ2) is 46.4. The first-order valence-electron chi connectivity index (χ1n) is 25.2. The minimum atomic E-state index is 0.343. The van der Waals surface area contributed by atoms with Gasteiger partial charge in [0.1, 0.15) is 55.4 Å². The highest BCUT2D eigenvalue weighted by Gasteiger charge is 2.24. The van der Waals surface area contributed by atoms with Gasteiger partial charge in [0.2, 0.25) is 0 Å². The zero-order chi connectivity index (χ0) is 51.8. The van der Waals surface area contributed by atoms with Crippen LogP contribution in [0.2, 0.25) is 0 Å². The lowest BCUT2D eigenvalue weighted by Crippen LogP contribution is -2.03. The van der Waals surface area contributed by atoms with Crippen molar-refractivity contribution in [2.45, 2.75) is 99.4 Å². The van der Waals surface area contributed by atoms with E-state index in [1.165, 1.54) is 47.9 Å². The van der Waals surface area contributed by atoms with Crippen molar-refractivity contribution in [3.8, 4) is 39.5 Å². The van der Waals surface area contributed by atoms with Crippen molar-refractivity contribution in [3.63, 3.8) is 0 Å². The van der Waals surface area contributed by atoms with Crippen molar-refractivity contribution in [1.82, 2.24) is 0 Å². The Balaban J connectivity index is 0.000000416. The first-order chi connectivity index (χ1) is 34.9. The van der Waals surface area contributed by atoms with Crippen LogP contribution in [-0.4, -0.2) is 58.0 Å². The molecule has 10 rings (SSSR count). The van der Waals surface area contributed by atoms with Gasteiger partial charge in [0.05, 0.1) is 19.8 Å². The van der Waals surface area contributed by atoms with E-state index < -0.39 is 0 Å². The van der Waals surface area contributed by atoms with Gasteiger partial charge in [0.25, 0.3) is 0 Å². The fourth-order valence-corrected chi connectivity index (χ4v) is 5.13. The summed E-state index contributed by atoms with van der Waals surface area (Å²) in [6, 6.07) is 70.9. The Morgan fingerprint density at radius 1 is 0.296 bits per heavy atom. The second-order valence-corrected chi connectivity index (χ2v) is 16.0. The van der Waals surface area contributed by atoms with E-state index >= 15 is 0 Å². The molecule has 71 heavy (non-hydrogen) atoms. The summed E-state index contributed by atoms with van der Waals surface area (Å²) in [5.74, 6) is 2.76. The molecule has 0 aliphatic carbocycles. The lowest BCUT2D eigenvalue weighted by Gasteiger charge is -2.01. The Morgan fingerprint density at radius 2 is 0.437 bits per heavy atom. The molecule has 7 aromatic rings. The molecule has 0 radical (unpaired) electrons. The first kappa shape index (κ1) is 64.3. The van der Waals surface area contributed by atoms with Crippen LogP contribution in [0.25, 0.3) is 22.3 Å². The third-order valence-corrected chi connectivity index (χ3v) is 8.51. The van der Waals surface area contributed by atoms with E-state index in [1.54, 1.807) is 0 Å². The summed E-state index contributed by atoms with van der Waals surface area (Å²) in [5.41, 5.74) is 5.10. The fourth-order valence-electron chi connectivity index (χ4n) is 5.13. The Hall–Kier alpha value is -4.72. The van der Waals surface area contributed by atoms with E-state index in [-0.39, 0.29) is 0 Å². The molecule has 0 aromatic heterocycles. The second-order valence-electron chi connectivity index (χ2n) is 16.0. The molecule has 0 N–H and O–H groups in total. The maximum absolute atomic E-state index is 5.40. The molecule has 384 valence electrons. The van der Waals surface area contributed by atoms with E-state index in [0.717, 1.165) is 37.1 Å². The summed E-state index contributed by atoms with van der Waals surface area (Å²) in [5, 5.41) is 0. The van der Waals surface area contributed by atoms with E-state index in [2.05, 4.69) is 190 Å². The molecule has 0 bridgehead atoms. The number of benzene rings is 7. The Kier molecular flexibility index (Phi) is 42.0. The van der Waals surface area contributed by atoms with Gasteiger partial charge in [-0.25, -0.2) is 0 Å². The molecule has 3 unspecified atom stereocenters. The van der Waals surface area contributed by atoms with Gasteiger partial charge in [0.15, 0.2) is 0 Å². The largest absolute Gasteiger partial charge is 0.491 e. The van der Waals surface area contributed by atoms with Crippen molar-refractivity contribution in [3.05, 3.63) is 212 Å². The van der Waals surface area contributed by atoms with Crippen LogP contribution in [0.1, 0.15) is 81.1 Å². The summed E-state index contributed by atoms with van der Waals surface area (Å²) in [7, 11) is 0. The first-order valence-corrected chi connectivity index (χ1v) is 31.5. The van der Waals surface area contributed by atoms with Crippen molar-refractivity contribution < 1.29 is 28.4 Å². The van der Waals surface area contributed by atoms with E-state index in [1.807, 2.05) is 115 Å². The average molecular weight is 1190 g/mol. The maximum Gasteiger partial charge on any atom is 0.119 e. The zero-order valence-electron chi connectivity index (χ0n) is 43.7. The predicted octanol–water partition coefficient (Wildman–Crippen LogP) is 18.5. The van der Waals surface area contributed by atoms with E-state index in [0.29, 0.717) is 38.1 Å². The summed E-state index contributed by atoms with van der Waals surface area (Å²) in [6.07, 6.45) is 6.03. The molecule has 8 heteroatoms. The van der Waals surface area contributed by atoms with Crippen LogP contribution in [0.15, 0.2) is 212 Å². The van der Waals surface area contributed by atoms with Crippen LogP contribution in [0.4, 0.5) is 0 Å². The molecule has 0 saturated carbocycles. The van der Waals surface area contributed by atoms with Crippen molar-refractivity contribution in [2.24, 2.45) is 0 Å². The van der Waals surface area contributed by atoms with Crippen molar-refractivity contribution in [1.29, 1.82) is 0 Å². The number of rotatable bonds is 11. The molecule has 3 aliphatic rings. The van der Waals surface area contributed by atoms with Crippen LogP contribution in [0.5, 0.6) is 17.2 Å². The standard InChI is InChI=1S/2C12H10.3C9H10O2.4C3H8.I2/c2*1-3-7-11(8-4-1)12-9-5-2-6-10-12;3*1-2-4-8(5-3-1)10-6-9-7-11-9;4*1-3-2;1-2/h2*1-10H;3*1-5,9H,6-7H2;4*3H2,1-2H3;. The summed E-state index contributed by atoms with van der Waals surface area (Å²) < 4.78 is 31.2. The number of hydrogen-bond acceptors (Lipinski definition) is 6. The topological polar surface area (TPSA) is 65.3 Å². The minimum Gasteiger partial charge on any atom is -0.491 e. The summed E-state index contributed by atoms with van der Waals surface area (Å²) >= 11 is 4.24. The number of ether oxygens (including phenoxy) is 6. The molecule has 3 fully saturated rings. The highest BCUT2D eigenvalue weighted by molar-refractivity contribution is 15.0. The Morgan fingerprint density at radius 3 is 0.577 bits per heavy atom. The zero-order valence-corrected chi connectivity index (χ0v) is 48.0. The van der Waals surface area contributed by atoms with Crippen LogP contribution < -0.4 is 14.2 Å². The summed E-state index contributed by atoms with van der Waals surface area (Å²) in [4.78, 5) is 0. The van der Waals surface area contributed by atoms with Gasteiger partial charge in [-0.2, -0.15) is 0 Å². The van der Waals surface area contributed by atoms with Crippen LogP contribution in [0.3, 0.4) is 0 Å². The van der Waals surface area contributed by atoms with Gasteiger partial charge >= 0.3 is 0 Å². The van der Waals surface area contributed by atoms with Crippen molar-refractivity contribution >= 4 is 37.2 Å². The van der Waals surface area contributed by atoms with Crippen LogP contribution >= 0.6 is 37.2 Å². The van der Waals surface area contributed by atoms with Gasteiger partial charge < -0.3 is 28.4 Å². The molecule has 3 aliphatic heterocycles. The van der Waals surface area contributed by atoms with Gasteiger partial charge in [-0.15, -0.1) is 0 Å². The highest BCUT2D eigenvalue weighted by atomic mass is 128. The third kappa shape index (κ3) is 37.7. The number of para-hydroxylation sites is 3. The molecule has 3 saturated heterocycles. The predicted molar refractivity (Wildman–Crippen MR) is 321 cm³/mol. The van der Waals surface area contributed by atoms with E-state index in [9.17, 15) is 0 Å².